The molecule has 30 heavy (non-hydrogen) atoms. The lowest BCUT2D eigenvalue weighted by molar-refractivity contribution is -0.123. The minimum atomic E-state index is -3.84. The molecule has 8 heteroatoms. The monoisotopic (exact) mass is 447 g/mol. The van der Waals surface area contributed by atoms with Crippen molar-refractivity contribution in [3.8, 4) is 5.75 Å². The van der Waals surface area contributed by atoms with Crippen molar-refractivity contribution in [2.45, 2.75) is 24.0 Å². The van der Waals surface area contributed by atoms with Crippen LogP contribution in [0.25, 0.3) is 0 Å². The maximum atomic E-state index is 13.6. The summed E-state index contributed by atoms with van der Waals surface area (Å²) in [5, 5.41) is 3.44. The van der Waals surface area contributed by atoms with Crippen molar-refractivity contribution in [3.05, 3.63) is 81.8 Å². The van der Waals surface area contributed by atoms with E-state index in [-0.39, 0.29) is 23.6 Å². The normalized spacial score (nSPS) is 12.4. The Morgan fingerprint density at radius 2 is 1.87 bits per heavy atom. The summed E-state index contributed by atoms with van der Waals surface area (Å²) in [6.07, 6.45) is 0. The van der Waals surface area contributed by atoms with Crippen LogP contribution < -0.4 is 10.1 Å². The smallest absolute Gasteiger partial charge is 0.257 e. The molecule has 0 radical (unpaired) electrons. The second-order valence-electron chi connectivity index (χ2n) is 6.87. The predicted molar refractivity (Wildman–Crippen MR) is 115 cm³/mol. The molecule has 1 atom stereocenters. The number of hydrogen-bond donors (Lipinski definition) is 1. The van der Waals surface area contributed by atoms with E-state index in [2.05, 4.69) is 5.32 Å². The van der Waals surface area contributed by atoms with Gasteiger partial charge in [-0.15, -0.1) is 11.3 Å². The highest BCUT2D eigenvalue weighted by molar-refractivity contribution is 7.91. The Balaban J connectivity index is 1.72. The summed E-state index contributed by atoms with van der Waals surface area (Å²) >= 11 is 1.29. The predicted octanol–water partition coefficient (Wildman–Crippen LogP) is 4.21. The number of aryl methyl sites for hydroxylation is 2. The Morgan fingerprint density at radius 3 is 2.50 bits per heavy atom. The molecule has 1 amide bonds. The van der Waals surface area contributed by atoms with E-state index in [1.54, 1.807) is 29.6 Å². The zero-order chi connectivity index (χ0) is 21.7. The number of hydrogen-bond acceptors (Lipinski definition) is 5. The lowest BCUT2D eigenvalue weighted by atomic mass is 10.2. The van der Waals surface area contributed by atoms with Crippen LogP contribution in [0, 0.1) is 19.7 Å². The van der Waals surface area contributed by atoms with Gasteiger partial charge in [0.1, 0.15) is 16.8 Å². The van der Waals surface area contributed by atoms with E-state index in [0.29, 0.717) is 10.6 Å². The molecule has 0 aliphatic carbocycles. The highest BCUT2D eigenvalue weighted by Crippen LogP contribution is 2.32. The molecule has 0 saturated heterocycles. The van der Waals surface area contributed by atoms with Crippen molar-refractivity contribution in [1.29, 1.82) is 0 Å². The van der Waals surface area contributed by atoms with Crippen LogP contribution in [0.15, 0.2) is 64.9 Å². The van der Waals surface area contributed by atoms with Crippen LogP contribution in [0.2, 0.25) is 0 Å². The zero-order valence-corrected chi connectivity index (χ0v) is 18.2. The first-order chi connectivity index (χ1) is 14.3. The van der Waals surface area contributed by atoms with Gasteiger partial charge in [-0.1, -0.05) is 23.8 Å². The molecule has 1 aromatic heterocycles. The molecule has 0 bridgehead atoms. The average molecular weight is 448 g/mol. The van der Waals surface area contributed by atoms with Crippen molar-refractivity contribution in [2.75, 3.05) is 13.2 Å². The average Bonchev–Trinajstić information content (AvgIpc) is 3.24. The molecular formula is C22H22FNO4S2. The van der Waals surface area contributed by atoms with Gasteiger partial charge >= 0.3 is 0 Å². The second-order valence-corrected chi connectivity index (χ2v) is 9.98. The maximum Gasteiger partial charge on any atom is 0.257 e. The van der Waals surface area contributed by atoms with Gasteiger partial charge in [-0.2, -0.15) is 0 Å². The van der Waals surface area contributed by atoms with Gasteiger partial charge in [0.25, 0.3) is 5.91 Å². The van der Waals surface area contributed by atoms with E-state index in [1.807, 2.05) is 19.1 Å². The first-order valence-electron chi connectivity index (χ1n) is 9.27. The first-order valence-corrected chi connectivity index (χ1v) is 11.7. The lowest BCUT2D eigenvalue weighted by Crippen LogP contribution is -2.34. The third-order valence-corrected chi connectivity index (χ3v) is 7.78. The molecule has 158 valence electrons. The molecule has 1 heterocycles. The Hall–Kier alpha value is -2.71. The molecule has 0 saturated carbocycles. The topological polar surface area (TPSA) is 72.5 Å². The van der Waals surface area contributed by atoms with Crippen molar-refractivity contribution >= 4 is 27.1 Å². The molecule has 5 nitrogen and oxygen atoms in total. The van der Waals surface area contributed by atoms with E-state index in [9.17, 15) is 17.6 Å². The van der Waals surface area contributed by atoms with Crippen molar-refractivity contribution in [1.82, 2.24) is 5.32 Å². The van der Waals surface area contributed by atoms with Gasteiger partial charge < -0.3 is 10.1 Å². The SMILES string of the molecule is Cc1ccc(OCC(=O)NC[C@@H](c2cccs2)S(=O)(=O)c2ccc(F)c(C)c2)cc1. The quantitative estimate of drug-likeness (QED) is 0.525. The van der Waals surface area contributed by atoms with E-state index < -0.39 is 26.8 Å². The fourth-order valence-electron chi connectivity index (χ4n) is 2.84. The van der Waals surface area contributed by atoms with Crippen LogP contribution in [-0.4, -0.2) is 27.5 Å². The molecule has 1 N–H and O–H groups in total. The van der Waals surface area contributed by atoms with Crippen LogP contribution >= 0.6 is 11.3 Å². The molecule has 0 fully saturated rings. The fraction of sp³-hybridized carbons (Fsp3) is 0.227. The van der Waals surface area contributed by atoms with Crippen molar-refractivity contribution in [2.24, 2.45) is 0 Å². The summed E-state index contributed by atoms with van der Waals surface area (Å²) in [6.45, 7) is 3.12. The first kappa shape index (κ1) is 22.0. The van der Waals surface area contributed by atoms with Crippen LogP contribution in [0.1, 0.15) is 21.3 Å². The van der Waals surface area contributed by atoms with E-state index >= 15 is 0 Å². The standard InChI is InChI=1S/C22H22FNO4S2/c1-15-5-7-17(8-6-15)28-14-22(25)24-13-21(20-4-3-11-29-20)30(26,27)18-9-10-19(23)16(2)12-18/h3-12,21H,13-14H2,1-2H3,(H,24,25)/t21-/m0/s1. The number of sulfone groups is 1. The van der Waals surface area contributed by atoms with Gasteiger partial charge in [0.15, 0.2) is 16.4 Å². The van der Waals surface area contributed by atoms with Crippen LogP contribution in [0.4, 0.5) is 4.39 Å². The summed E-state index contributed by atoms with van der Waals surface area (Å²) < 4.78 is 45.5. The third-order valence-electron chi connectivity index (χ3n) is 4.57. The van der Waals surface area contributed by atoms with Crippen molar-refractivity contribution < 1.29 is 22.3 Å². The summed E-state index contributed by atoms with van der Waals surface area (Å²) in [6, 6.07) is 14.4. The maximum absolute atomic E-state index is 13.6. The minimum Gasteiger partial charge on any atom is -0.484 e. The largest absolute Gasteiger partial charge is 0.484 e. The Labute approximate surface area is 179 Å². The number of benzene rings is 2. The molecule has 3 rings (SSSR count). The van der Waals surface area contributed by atoms with E-state index in [4.69, 9.17) is 4.74 Å². The van der Waals surface area contributed by atoms with Crippen LogP contribution in [0.3, 0.4) is 0 Å². The number of halogens is 1. The van der Waals surface area contributed by atoms with Crippen molar-refractivity contribution in [3.63, 3.8) is 0 Å². The molecule has 0 aliphatic rings. The lowest BCUT2D eigenvalue weighted by Gasteiger charge is -2.18. The number of carbonyl (C=O) groups is 1. The Morgan fingerprint density at radius 1 is 1.13 bits per heavy atom. The number of ether oxygens (including phenoxy) is 1. The number of nitrogens with one attached hydrogen (secondary N) is 1. The second kappa shape index (κ2) is 9.40. The third kappa shape index (κ3) is 5.25. The number of carbonyl (C=O) groups excluding carboxylic acids is 1. The zero-order valence-electron chi connectivity index (χ0n) is 16.6. The number of rotatable bonds is 8. The summed E-state index contributed by atoms with van der Waals surface area (Å²) in [7, 11) is -3.84. The molecule has 0 unspecified atom stereocenters. The van der Waals surface area contributed by atoms with Gasteiger partial charge in [0.05, 0.1) is 4.90 Å². The Kier molecular flexibility index (Phi) is 6.89. The molecule has 3 aromatic rings. The van der Waals surface area contributed by atoms with Gasteiger partial charge in [0.2, 0.25) is 0 Å². The van der Waals surface area contributed by atoms with Gasteiger partial charge in [0, 0.05) is 11.4 Å². The van der Waals surface area contributed by atoms with E-state index in [0.717, 1.165) is 11.6 Å². The van der Waals surface area contributed by atoms with Gasteiger partial charge in [-0.25, -0.2) is 12.8 Å². The number of amides is 1. The van der Waals surface area contributed by atoms with Crippen LogP contribution in [-0.2, 0) is 14.6 Å². The van der Waals surface area contributed by atoms with Gasteiger partial charge in [-0.3, -0.25) is 4.79 Å². The summed E-state index contributed by atoms with van der Waals surface area (Å²) in [5.74, 6) is -0.342. The highest BCUT2D eigenvalue weighted by Gasteiger charge is 2.31. The summed E-state index contributed by atoms with van der Waals surface area (Å²) in [5.41, 5.74) is 1.32. The highest BCUT2D eigenvalue weighted by atomic mass is 32.2. The molecular weight excluding hydrogens is 425 g/mol. The minimum absolute atomic E-state index is 0.0185. The Bertz CT molecular complexity index is 1110. The molecule has 2 aromatic carbocycles. The number of thiophene rings is 1. The van der Waals surface area contributed by atoms with Gasteiger partial charge in [-0.05, 0) is 61.2 Å². The van der Waals surface area contributed by atoms with Crippen LogP contribution in [0.5, 0.6) is 5.75 Å². The van der Waals surface area contributed by atoms with E-state index in [1.165, 1.54) is 30.4 Å². The molecule has 0 aliphatic heterocycles. The molecule has 0 spiro atoms. The fourth-order valence-corrected chi connectivity index (χ4v) is 5.70. The summed E-state index contributed by atoms with van der Waals surface area (Å²) in [4.78, 5) is 12.9.